The molecule has 0 aromatic rings. The number of Topliss-reactive ketones (excluding diaryl/α,β-unsaturated/α-hetero) is 1. The fraction of sp³-hybridized carbons (Fsp3) is 0.909. The Morgan fingerprint density at radius 1 is 0.531 bits per heavy atom. The second-order valence-corrected chi connectivity index (χ2v) is 10.8. The Morgan fingerprint density at radius 2 is 0.837 bits per heavy atom. The largest absolute Gasteiger partial charge is 0.394 e. The van der Waals surface area contributed by atoms with Crippen molar-refractivity contribution in [2.75, 3.05) is 159 Å². The van der Waals surface area contributed by atoms with Crippen LogP contribution in [0.4, 0.5) is 0 Å². The van der Waals surface area contributed by atoms with Crippen molar-refractivity contribution in [3.8, 4) is 0 Å². The van der Waals surface area contributed by atoms with Gasteiger partial charge in [-0.05, 0) is 6.42 Å². The van der Waals surface area contributed by atoms with Crippen LogP contribution in [-0.2, 0) is 66.5 Å². The molecular weight excluding hydrogens is 650 g/mol. The molecule has 1 rings (SSSR count). The van der Waals surface area contributed by atoms with Crippen LogP contribution >= 0.6 is 0 Å². The molecule has 0 saturated carbocycles. The summed E-state index contributed by atoms with van der Waals surface area (Å²) in [4.78, 5) is 36.8. The number of ether oxygens (including phenoxy) is 11. The van der Waals surface area contributed by atoms with Crippen LogP contribution in [0.3, 0.4) is 0 Å². The van der Waals surface area contributed by atoms with Crippen LogP contribution in [0.2, 0.25) is 0 Å². The van der Waals surface area contributed by atoms with Crippen LogP contribution in [0, 0.1) is 5.92 Å². The number of aliphatic hydroxyl groups excluding tert-OH is 1. The number of hydrogen-bond donors (Lipinski definition) is 1. The van der Waals surface area contributed by atoms with E-state index in [2.05, 4.69) is 0 Å². The van der Waals surface area contributed by atoms with Gasteiger partial charge in [0.05, 0.1) is 145 Å². The molecule has 0 radical (unpaired) electrons. The highest BCUT2D eigenvalue weighted by Gasteiger charge is 2.35. The summed E-state index contributed by atoms with van der Waals surface area (Å²) in [7, 11) is 0. The highest BCUT2D eigenvalue weighted by molar-refractivity contribution is 6.03. The summed E-state index contributed by atoms with van der Waals surface area (Å²) < 4.78 is 59.5. The minimum atomic E-state index is -0.281. The number of aliphatic hydroxyl groups is 1. The number of hydrogen-bond acceptors (Lipinski definition) is 15. The van der Waals surface area contributed by atoms with Crippen molar-refractivity contribution in [1.82, 2.24) is 4.90 Å². The van der Waals surface area contributed by atoms with Crippen molar-refractivity contribution in [3.05, 3.63) is 0 Å². The van der Waals surface area contributed by atoms with E-state index in [9.17, 15) is 14.4 Å². The zero-order chi connectivity index (χ0) is 35.5. The predicted octanol–water partition coefficient (Wildman–Crippen LogP) is 0.296. The molecule has 2 amide bonds. The first-order chi connectivity index (χ1) is 24.1. The number of carbonyl (C=O) groups excluding carboxylic acids is 3. The van der Waals surface area contributed by atoms with Gasteiger partial charge < -0.3 is 57.2 Å². The maximum atomic E-state index is 12.0. The van der Waals surface area contributed by atoms with Crippen LogP contribution in [0.15, 0.2) is 0 Å². The summed E-state index contributed by atoms with van der Waals surface area (Å²) in [5.41, 5.74) is 0. The van der Waals surface area contributed by atoms with E-state index in [-0.39, 0.29) is 49.5 Å². The number of carbonyl (C=O) groups is 3. The zero-order valence-electron chi connectivity index (χ0n) is 29.5. The number of rotatable bonds is 39. The maximum absolute atomic E-state index is 12.0. The van der Waals surface area contributed by atoms with Crippen LogP contribution in [0.1, 0.15) is 32.6 Å². The summed E-state index contributed by atoms with van der Waals surface area (Å²) in [5.74, 6) is -0.638. The number of imide groups is 1. The predicted molar refractivity (Wildman–Crippen MR) is 175 cm³/mol. The summed E-state index contributed by atoms with van der Waals surface area (Å²) in [6, 6.07) is 0. The van der Waals surface area contributed by atoms with Crippen molar-refractivity contribution in [3.63, 3.8) is 0 Å². The topological polar surface area (TPSA) is 176 Å². The molecular formula is C33H61NO15. The van der Waals surface area contributed by atoms with Gasteiger partial charge in [-0.2, -0.15) is 0 Å². The molecule has 1 fully saturated rings. The Balaban J connectivity index is 1.66. The van der Waals surface area contributed by atoms with Gasteiger partial charge in [0.25, 0.3) is 0 Å². The molecule has 0 aromatic heterocycles. The first kappa shape index (κ1) is 45.4. The van der Waals surface area contributed by atoms with E-state index < -0.39 is 0 Å². The molecule has 0 spiro atoms. The average molecular weight is 712 g/mol. The third kappa shape index (κ3) is 28.7. The lowest BCUT2D eigenvalue weighted by Crippen LogP contribution is -2.32. The number of nitrogens with zero attached hydrogens (tertiary/aromatic N) is 1. The number of likely N-dealkylation sites (tertiary alicyclic amines) is 1. The Bertz CT molecular complexity index is 791. The summed E-state index contributed by atoms with van der Waals surface area (Å²) >= 11 is 0. The van der Waals surface area contributed by atoms with Crippen LogP contribution in [0.25, 0.3) is 0 Å². The van der Waals surface area contributed by atoms with E-state index in [1.807, 2.05) is 0 Å². The lowest BCUT2D eigenvalue weighted by Gasteiger charge is -2.13. The highest BCUT2D eigenvalue weighted by Crippen LogP contribution is 2.19. The van der Waals surface area contributed by atoms with Gasteiger partial charge in [0, 0.05) is 38.3 Å². The fourth-order valence-electron chi connectivity index (χ4n) is 4.18. The van der Waals surface area contributed by atoms with Crippen molar-refractivity contribution in [2.45, 2.75) is 32.6 Å². The van der Waals surface area contributed by atoms with Gasteiger partial charge in [0.15, 0.2) is 0 Å². The van der Waals surface area contributed by atoms with Crippen molar-refractivity contribution >= 4 is 17.6 Å². The Hall–Kier alpha value is -1.67. The fourth-order valence-corrected chi connectivity index (χ4v) is 4.18. The first-order valence-corrected chi connectivity index (χ1v) is 17.4. The molecule has 288 valence electrons. The third-order valence-corrected chi connectivity index (χ3v) is 6.78. The average Bonchev–Trinajstić information content (AvgIpc) is 3.34. The van der Waals surface area contributed by atoms with Gasteiger partial charge in [0.1, 0.15) is 5.78 Å². The van der Waals surface area contributed by atoms with Crippen LogP contribution < -0.4 is 0 Å². The molecule has 1 heterocycles. The third-order valence-electron chi connectivity index (χ3n) is 6.78. The lowest BCUT2D eigenvalue weighted by atomic mass is 10.1. The molecule has 1 unspecified atom stereocenters. The van der Waals surface area contributed by atoms with Gasteiger partial charge in [-0.1, -0.05) is 6.92 Å². The zero-order valence-corrected chi connectivity index (χ0v) is 29.5. The van der Waals surface area contributed by atoms with E-state index in [1.54, 1.807) is 6.92 Å². The molecule has 0 bridgehead atoms. The molecule has 49 heavy (non-hydrogen) atoms. The van der Waals surface area contributed by atoms with Gasteiger partial charge in [-0.3, -0.25) is 19.3 Å². The smallest absolute Gasteiger partial charge is 0.232 e. The normalized spacial score (nSPS) is 14.8. The summed E-state index contributed by atoms with van der Waals surface area (Å²) in [6.45, 7) is 12.2. The van der Waals surface area contributed by atoms with E-state index in [4.69, 9.17) is 57.2 Å². The standard InChI is InChI=1S/C33H61NO15/c1-30-29-32(37)34(33(30)38)5-4-31(36)3-2-7-39-9-11-41-13-15-43-17-19-45-21-23-47-25-27-49-28-26-48-24-22-46-20-18-44-16-14-42-12-10-40-8-6-35/h30,35H,2-29H2,1H3. The minimum absolute atomic E-state index is 0.0179. The molecule has 1 aliphatic rings. The lowest BCUT2D eigenvalue weighted by molar-refractivity contribution is -0.139. The first-order valence-electron chi connectivity index (χ1n) is 17.4. The monoisotopic (exact) mass is 711 g/mol. The molecule has 1 aliphatic heterocycles. The Morgan fingerprint density at radius 3 is 1.12 bits per heavy atom. The van der Waals surface area contributed by atoms with E-state index in [0.717, 1.165) is 0 Å². The van der Waals surface area contributed by atoms with Gasteiger partial charge in [0.2, 0.25) is 11.8 Å². The summed E-state index contributed by atoms with van der Waals surface area (Å²) in [6.07, 6.45) is 1.38. The van der Waals surface area contributed by atoms with E-state index >= 15 is 0 Å². The highest BCUT2D eigenvalue weighted by atomic mass is 16.6. The Kier molecular flexibility index (Phi) is 32.2. The SMILES string of the molecule is CC1CC(=O)N(CCC(=O)CCCOCCOCCOCCOCCOCCOCCOCCOCCOCCOCCOCCO)C1=O. The second-order valence-electron chi connectivity index (χ2n) is 10.8. The van der Waals surface area contributed by atoms with Crippen molar-refractivity contribution in [2.24, 2.45) is 5.92 Å². The van der Waals surface area contributed by atoms with E-state index in [0.29, 0.717) is 158 Å². The van der Waals surface area contributed by atoms with Gasteiger partial charge in [-0.25, -0.2) is 0 Å². The van der Waals surface area contributed by atoms with Gasteiger partial charge >= 0.3 is 0 Å². The van der Waals surface area contributed by atoms with Crippen molar-refractivity contribution in [1.29, 1.82) is 0 Å². The molecule has 1 atom stereocenters. The molecule has 1 N–H and O–H groups in total. The summed E-state index contributed by atoms with van der Waals surface area (Å²) in [5, 5.41) is 8.58. The minimum Gasteiger partial charge on any atom is -0.394 e. The van der Waals surface area contributed by atoms with Gasteiger partial charge in [-0.15, -0.1) is 0 Å². The van der Waals surface area contributed by atoms with Crippen LogP contribution in [0.5, 0.6) is 0 Å². The second kappa shape index (κ2) is 34.8. The van der Waals surface area contributed by atoms with Crippen molar-refractivity contribution < 1.29 is 71.6 Å². The quantitative estimate of drug-likeness (QED) is 0.0680. The molecule has 0 aliphatic carbocycles. The van der Waals surface area contributed by atoms with Crippen LogP contribution in [-0.4, -0.2) is 186 Å². The maximum Gasteiger partial charge on any atom is 0.232 e. The number of amides is 2. The Labute approximate surface area is 291 Å². The molecule has 1 saturated heterocycles. The molecule has 16 nitrogen and oxygen atoms in total. The molecule has 16 heteroatoms. The molecule has 0 aromatic carbocycles. The number of ketones is 1. The van der Waals surface area contributed by atoms with E-state index in [1.165, 1.54) is 4.90 Å².